The van der Waals surface area contributed by atoms with Gasteiger partial charge in [0.1, 0.15) is 20.4 Å². The number of ether oxygens (including phenoxy) is 9. The van der Waals surface area contributed by atoms with Crippen molar-refractivity contribution in [2.24, 2.45) is 5.92 Å². The van der Waals surface area contributed by atoms with E-state index < -0.39 is 5.97 Å². The minimum absolute atomic E-state index is 0.184. The van der Waals surface area contributed by atoms with Gasteiger partial charge in [0, 0.05) is 21.3 Å². The lowest BCUT2D eigenvalue weighted by atomic mass is 9.97. The lowest BCUT2D eigenvalue weighted by molar-refractivity contribution is -0.404. The molecule has 0 aliphatic rings. The van der Waals surface area contributed by atoms with Crippen LogP contribution >= 0.6 is 0 Å². The molecular formula is C24H48O9. The standard InChI is InChI=1S/C24H48O9/c1-6-8-9-10-11-12-13-23(7-2)24(31-17-14-28-20-25-3,32-18-15-29-21-26-4)33-19-16-30-22-27-5/h7,23H,2,6,8-22H2,1,3-5H3. The minimum atomic E-state index is -1.32. The van der Waals surface area contributed by atoms with Crippen molar-refractivity contribution in [3.05, 3.63) is 12.7 Å². The van der Waals surface area contributed by atoms with Gasteiger partial charge in [-0.15, -0.1) is 6.58 Å². The van der Waals surface area contributed by atoms with E-state index in [1.54, 1.807) is 21.3 Å². The molecule has 9 heteroatoms. The van der Waals surface area contributed by atoms with E-state index in [0.717, 1.165) is 19.3 Å². The zero-order chi connectivity index (χ0) is 24.5. The van der Waals surface area contributed by atoms with Crippen LogP contribution in [0, 0.1) is 5.92 Å². The summed E-state index contributed by atoms with van der Waals surface area (Å²) in [6, 6.07) is 0. The fourth-order valence-corrected chi connectivity index (χ4v) is 3.18. The molecule has 0 rings (SSSR count). The molecule has 0 heterocycles. The lowest BCUT2D eigenvalue weighted by Crippen LogP contribution is -2.48. The van der Waals surface area contributed by atoms with Crippen LogP contribution in [-0.4, -0.2) is 87.3 Å². The molecule has 0 aromatic heterocycles. The molecule has 0 N–H and O–H groups in total. The highest BCUT2D eigenvalue weighted by atomic mass is 16.9. The number of methoxy groups -OCH3 is 3. The number of unbranched alkanes of at least 4 members (excludes halogenated alkanes) is 5. The Bertz CT molecular complexity index is 373. The summed E-state index contributed by atoms with van der Waals surface area (Å²) in [4.78, 5) is 0. The summed E-state index contributed by atoms with van der Waals surface area (Å²) in [5.41, 5.74) is 0. The summed E-state index contributed by atoms with van der Waals surface area (Å²) in [5, 5.41) is 0. The maximum absolute atomic E-state index is 6.17. The van der Waals surface area contributed by atoms with Gasteiger partial charge in [0.15, 0.2) is 0 Å². The van der Waals surface area contributed by atoms with Crippen molar-refractivity contribution in [2.45, 2.75) is 57.8 Å². The van der Waals surface area contributed by atoms with E-state index in [9.17, 15) is 0 Å². The zero-order valence-corrected chi connectivity index (χ0v) is 21.3. The zero-order valence-electron chi connectivity index (χ0n) is 21.3. The van der Waals surface area contributed by atoms with Crippen LogP contribution in [0.5, 0.6) is 0 Å². The molecule has 0 aliphatic carbocycles. The van der Waals surface area contributed by atoms with Crippen LogP contribution < -0.4 is 0 Å². The molecule has 0 saturated carbocycles. The molecule has 1 unspecified atom stereocenters. The molecule has 0 aliphatic heterocycles. The van der Waals surface area contributed by atoms with Gasteiger partial charge in [-0.05, 0) is 6.42 Å². The molecule has 0 saturated heterocycles. The summed E-state index contributed by atoms with van der Waals surface area (Å²) >= 11 is 0. The van der Waals surface area contributed by atoms with E-state index in [-0.39, 0.29) is 46.1 Å². The maximum atomic E-state index is 6.17. The van der Waals surface area contributed by atoms with Gasteiger partial charge >= 0.3 is 0 Å². The third kappa shape index (κ3) is 17.5. The lowest BCUT2D eigenvalue weighted by Gasteiger charge is -2.38. The molecule has 0 radical (unpaired) electrons. The van der Waals surface area contributed by atoms with Crippen molar-refractivity contribution in [1.82, 2.24) is 0 Å². The van der Waals surface area contributed by atoms with Gasteiger partial charge in [-0.25, -0.2) is 0 Å². The third-order valence-corrected chi connectivity index (χ3v) is 4.80. The predicted octanol–water partition coefficient (Wildman–Crippen LogP) is 4.10. The van der Waals surface area contributed by atoms with Gasteiger partial charge in [0.05, 0.1) is 45.6 Å². The van der Waals surface area contributed by atoms with Crippen molar-refractivity contribution in [2.75, 3.05) is 81.3 Å². The Hall–Kier alpha value is -0.620. The Kier molecular flexibility index (Phi) is 24.0. The molecule has 33 heavy (non-hydrogen) atoms. The smallest absolute Gasteiger partial charge is 0.289 e. The van der Waals surface area contributed by atoms with E-state index in [2.05, 4.69) is 13.5 Å². The summed E-state index contributed by atoms with van der Waals surface area (Å²) in [6.07, 6.45) is 9.82. The number of hydrogen-bond acceptors (Lipinski definition) is 9. The number of hydrogen-bond donors (Lipinski definition) is 0. The van der Waals surface area contributed by atoms with Crippen LogP contribution in [0.1, 0.15) is 51.9 Å². The molecule has 0 spiro atoms. The Labute approximate surface area is 200 Å². The predicted molar refractivity (Wildman–Crippen MR) is 126 cm³/mol. The summed E-state index contributed by atoms with van der Waals surface area (Å²) in [5.74, 6) is -1.51. The fraction of sp³-hybridized carbons (Fsp3) is 0.917. The second kappa shape index (κ2) is 24.5. The first kappa shape index (κ1) is 32.4. The van der Waals surface area contributed by atoms with Gasteiger partial charge in [-0.1, -0.05) is 51.5 Å². The van der Waals surface area contributed by atoms with E-state index in [1.807, 2.05) is 6.08 Å². The van der Waals surface area contributed by atoms with Crippen LogP contribution in [-0.2, 0) is 42.6 Å². The molecule has 0 fully saturated rings. The second-order valence-electron chi connectivity index (χ2n) is 7.49. The quantitative estimate of drug-likeness (QED) is 0.0980. The van der Waals surface area contributed by atoms with Crippen molar-refractivity contribution in [3.63, 3.8) is 0 Å². The van der Waals surface area contributed by atoms with Crippen LogP contribution in [0.3, 0.4) is 0 Å². The molecular weight excluding hydrogens is 432 g/mol. The van der Waals surface area contributed by atoms with Gasteiger partial charge in [-0.3, -0.25) is 0 Å². The topological polar surface area (TPSA) is 83.1 Å². The summed E-state index contributed by atoms with van der Waals surface area (Å²) < 4.78 is 49.4. The monoisotopic (exact) mass is 480 g/mol. The van der Waals surface area contributed by atoms with Crippen molar-refractivity contribution in [3.8, 4) is 0 Å². The fourth-order valence-electron chi connectivity index (χ4n) is 3.18. The molecule has 9 nitrogen and oxygen atoms in total. The maximum Gasteiger partial charge on any atom is 0.289 e. The van der Waals surface area contributed by atoms with Crippen LogP contribution in [0.25, 0.3) is 0 Å². The van der Waals surface area contributed by atoms with Gasteiger partial charge < -0.3 is 42.6 Å². The van der Waals surface area contributed by atoms with Crippen LogP contribution in [0.4, 0.5) is 0 Å². The minimum Gasteiger partial charge on any atom is -0.359 e. The normalized spacial score (nSPS) is 12.8. The van der Waals surface area contributed by atoms with Crippen molar-refractivity contribution < 1.29 is 42.6 Å². The highest BCUT2D eigenvalue weighted by Gasteiger charge is 2.41. The van der Waals surface area contributed by atoms with Crippen molar-refractivity contribution >= 4 is 0 Å². The average Bonchev–Trinajstić information content (AvgIpc) is 2.83. The largest absolute Gasteiger partial charge is 0.359 e. The van der Waals surface area contributed by atoms with Gasteiger partial charge in [0.25, 0.3) is 5.97 Å². The Balaban J connectivity index is 5.14. The first-order valence-electron chi connectivity index (χ1n) is 11.9. The van der Waals surface area contributed by atoms with Gasteiger partial charge in [-0.2, -0.15) is 0 Å². The van der Waals surface area contributed by atoms with E-state index in [1.165, 1.54) is 25.7 Å². The Morgan fingerprint density at radius 2 is 1.06 bits per heavy atom. The van der Waals surface area contributed by atoms with Gasteiger partial charge in [0.2, 0.25) is 0 Å². The summed E-state index contributed by atoms with van der Waals surface area (Å²) in [7, 11) is 4.73. The molecule has 198 valence electrons. The van der Waals surface area contributed by atoms with E-state index in [0.29, 0.717) is 19.8 Å². The highest BCUT2D eigenvalue weighted by molar-refractivity contribution is 4.87. The molecule has 1 atom stereocenters. The molecule has 0 bridgehead atoms. The highest BCUT2D eigenvalue weighted by Crippen LogP contribution is 2.31. The third-order valence-electron chi connectivity index (χ3n) is 4.80. The SMILES string of the molecule is C=CC(CCCCCCCC)C(OCCOCOC)(OCCOCOC)OCCOCOC. The average molecular weight is 481 g/mol. The Morgan fingerprint density at radius 1 is 0.636 bits per heavy atom. The first-order chi connectivity index (χ1) is 16.2. The van der Waals surface area contributed by atoms with Crippen molar-refractivity contribution in [1.29, 1.82) is 0 Å². The van der Waals surface area contributed by atoms with E-state index in [4.69, 9.17) is 42.6 Å². The molecule has 0 aromatic carbocycles. The summed E-state index contributed by atoms with van der Waals surface area (Å²) in [6.45, 7) is 8.64. The van der Waals surface area contributed by atoms with Crippen LogP contribution in [0.15, 0.2) is 12.7 Å². The first-order valence-corrected chi connectivity index (χ1v) is 11.9. The number of rotatable bonds is 27. The Morgan fingerprint density at radius 3 is 1.45 bits per heavy atom. The van der Waals surface area contributed by atoms with Crippen LogP contribution in [0.2, 0.25) is 0 Å². The molecule has 0 aromatic rings. The van der Waals surface area contributed by atoms with E-state index >= 15 is 0 Å². The second-order valence-corrected chi connectivity index (χ2v) is 7.49. The molecule has 0 amide bonds.